The van der Waals surface area contributed by atoms with E-state index in [4.69, 9.17) is 4.42 Å². The third-order valence-electron chi connectivity index (χ3n) is 4.24. The zero-order valence-corrected chi connectivity index (χ0v) is 12.3. The van der Waals surface area contributed by atoms with E-state index in [-0.39, 0.29) is 12.5 Å². The van der Waals surface area contributed by atoms with Gasteiger partial charge in [0.2, 0.25) is 0 Å². The summed E-state index contributed by atoms with van der Waals surface area (Å²) in [4.78, 5) is 14.3. The number of hydrogen-bond donors (Lipinski definition) is 1. The van der Waals surface area contributed by atoms with Crippen molar-refractivity contribution in [2.75, 3.05) is 0 Å². The molecule has 1 aliphatic rings. The average molecular weight is 305 g/mol. The maximum Gasteiger partial charge on any atom is 0.257 e. The van der Waals surface area contributed by atoms with E-state index in [1.807, 2.05) is 36.4 Å². The highest BCUT2D eigenvalue weighted by Crippen LogP contribution is 2.42. The normalized spacial score (nSPS) is 19.9. The van der Waals surface area contributed by atoms with E-state index in [1.165, 1.54) is 4.90 Å². The molecule has 1 amide bonds. The third kappa shape index (κ3) is 1.99. The molecule has 0 fully saturated rings. The Labute approximate surface area is 133 Å². The van der Waals surface area contributed by atoms with Gasteiger partial charge in [0, 0.05) is 16.7 Å². The summed E-state index contributed by atoms with van der Waals surface area (Å²) >= 11 is 0. The van der Waals surface area contributed by atoms with Gasteiger partial charge in [-0.25, -0.2) is 0 Å². The summed E-state index contributed by atoms with van der Waals surface area (Å²) in [6, 6.07) is 20.0. The van der Waals surface area contributed by atoms with Crippen LogP contribution in [0.2, 0.25) is 0 Å². The Morgan fingerprint density at radius 2 is 1.70 bits per heavy atom. The van der Waals surface area contributed by atoms with Crippen molar-refractivity contribution in [3.05, 3.63) is 95.4 Å². The van der Waals surface area contributed by atoms with Gasteiger partial charge in [-0.2, -0.15) is 0 Å². The minimum absolute atomic E-state index is 0.200. The number of carbonyl (C=O) groups excluding carboxylic acids is 1. The van der Waals surface area contributed by atoms with Crippen LogP contribution in [0.1, 0.15) is 27.2 Å². The lowest BCUT2D eigenvalue weighted by Gasteiger charge is -2.34. The molecule has 23 heavy (non-hydrogen) atoms. The first-order chi connectivity index (χ1) is 11.2. The second-order valence-electron chi connectivity index (χ2n) is 5.55. The number of carbonyl (C=O) groups is 1. The minimum atomic E-state index is -1.50. The van der Waals surface area contributed by atoms with Gasteiger partial charge in [0.05, 0.1) is 12.8 Å². The van der Waals surface area contributed by atoms with E-state index < -0.39 is 5.72 Å². The van der Waals surface area contributed by atoms with Crippen LogP contribution >= 0.6 is 0 Å². The van der Waals surface area contributed by atoms with Crippen molar-refractivity contribution in [1.82, 2.24) is 4.90 Å². The van der Waals surface area contributed by atoms with Gasteiger partial charge in [-0.05, 0) is 18.2 Å². The van der Waals surface area contributed by atoms with E-state index in [0.29, 0.717) is 22.5 Å². The third-order valence-corrected chi connectivity index (χ3v) is 4.24. The molecule has 0 aliphatic carbocycles. The van der Waals surface area contributed by atoms with Crippen molar-refractivity contribution in [1.29, 1.82) is 0 Å². The van der Waals surface area contributed by atoms with E-state index in [1.54, 1.807) is 36.6 Å². The molecule has 2 heterocycles. The Hall–Kier alpha value is -2.85. The molecule has 4 rings (SSSR count). The number of aliphatic hydroxyl groups is 1. The van der Waals surface area contributed by atoms with Gasteiger partial charge in [0.25, 0.3) is 5.91 Å². The van der Waals surface area contributed by atoms with Crippen LogP contribution in [0.3, 0.4) is 0 Å². The molecule has 1 unspecified atom stereocenters. The van der Waals surface area contributed by atoms with Gasteiger partial charge >= 0.3 is 0 Å². The number of fused-ring (bicyclic) bond motifs is 1. The highest BCUT2D eigenvalue weighted by atomic mass is 16.3. The molecule has 4 heteroatoms. The maximum atomic E-state index is 12.8. The van der Waals surface area contributed by atoms with Crippen LogP contribution in [-0.4, -0.2) is 15.9 Å². The standard InChI is InChI=1S/C19H15NO3/c21-18-16-10-4-5-11-17(16)19(22,14-7-2-1-3-8-14)20(18)13-15-9-6-12-23-15/h1-12,22H,13H2. The first-order valence-electron chi connectivity index (χ1n) is 7.43. The zero-order valence-electron chi connectivity index (χ0n) is 12.3. The molecule has 0 radical (unpaired) electrons. The SMILES string of the molecule is O=C1c2ccccc2C(O)(c2ccccc2)N1Cc1ccco1. The lowest BCUT2D eigenvalue weighted by Crippen LogP contribution is -2.44. The molecule has 4 nitrogen and oxygen atoms in total. The number of amides is 1. The van der Waals surface area contributed by atoms with Crippen LogP contribution in [-0.2, 0) is 12.3 Å². The van der Waals surface area contributed by atoms with Gasteiger partial charge in [0.15, 0.2) is 5.72 Å². The fourth-order valence-corrected chi connectivity index (χ4v) is 3.14. The molecule has 0 saturated heterocycles. The van der Waals surface area contributed by atoms with Crippen LogP contribution in [0, 0.1) is 0 Å². The zero-order chi connectivity index (χ0) is 15.9. The van der Waals surface area contributed by atoms with Crippen LogP contribution in [0.5, 0.6) is 0 Å². The van der Waals surface area contributed by atoms with Crippen molar-refractivity contribution in [2.24, 2.45) is 0 Å². The van der Waals surface area contributed by atoms with Crippen molar-refractivity contribution >= 4 is 5.91 Å². The summed E-state index contributed by atoms with van der Waals surface area (Å²) < 4.78 is 5.37. The highest BCUT2D eigenvalue weighted by Gasteiger charge is 2.49. The Bertz CT molecular complexity index is 842. The minimum Gasteiger partial charge on any atom is -0.467 e. The van der Waals surface area contributed by atoms with E-state index >= 15 is 0 Å². The number of nitrogens with zero attached hydrogens (tertiary/aromatic N) is 1. The van der Waals surface area contributed by atoms with Gasteiger partial charge in [-0.15, -0.1) is 0 Å². The average Bonchev–Trinajstić information content (AvgIpc) is 3.19. The largest absolute Gasteiger partial charge is 0.467 e. The number of rotatable bonds is 3. The molecule has 0 spiro atoms. The highest BCUT2D eigenvalue weighted by molar-refractivity contribution is 6.00. The summed E-state index contributed by atoms with van der Waals surface area (Å²) in [7, 11) is 0. The number of benzene rings is 2. The molecule has 3 aromatic rings. The number of hydrogen-bond acceptors (Lipinski definition) is 3. The topological polar surface area (TPSA) is 53.7 Å². The van der Waals surface area contributed by atoms with Crippen molar-refractivity contribution < 1.29 is 14.3 Å². The molecular formula is C19H15NO3. The Morgan fingerprint density at radius 1 is 0.957 bits per heavy atom. The molecule has 2 aromatic carbocycles. The Balaban J connectivity index is 1.89. The molecule has 1 aromatic heterocycles. The maximum absolute atomic E-state index is 12.8. The van der Waals surface area contributed by atoms with Gasteiger partial charge in [0.1, 0.15) is 5.76 Å². The van der Waals surface area contributed by atoms with E-state index in [2.05, 4.69) is 0 Å². The number of furan rings is 1. The lowest BCUT2D eigenvalue weighted by molar-refractivity contribution is -0.0566. The molecule has 1 aliphatic heterocycles. The fourth-order valence-electron chi connectivity index (χ4n) is 3.14. The van der Waals surface area contributed by atoms with E-state index in [9.17, 15) is 9.90 Å². The molecule has 0 bridgehead atoms. The second-order valence-corrected chi connectivity index (χ2v) is 5.55. The van der Waals surface area contributed by atoms with Crippen molar-refractivity contribution in [3.63, 3.8) is 0 Å². The van der Waals surface area contributed by atoms with Crippen LogP contribution in [0.25, 0.3) is 0 Å². The van der Waals surface area contributed by atoms with Crippen molar-refractivity contribution in [2.45, 2.75) is 12.3 Å². The lowest BCUT2D eigenvalue weighted by atomic mass is 9.94. The summed E-state index contributed by atoms with van der Waals surface area (Å²) in [5.41, 5.74) is 0.278. The summed E-state index contributed by atoms with van der Waals surface area (Å²) in [5, 5.41) is 11.5. The first-order valence-corrected chi connectivity index (χ1v) is 7.43. The van der Waals surface area contributed by atoms with Gasteiger partial charge in [-0.3, -0.25) is 9.69 Å². The Kier molecular flexibility index (Phi) is 3.06. The smallest absolute Gasteiger partial charge is 0.257 e. The molecular weight excluding hydrogens is 290 g/mol. The molecule has 1 atom stereocenters. The molecule has 1 N–H and O–H groups in total. The van der Waals surface area contributed by atoms with Crippen LogP contribution in [0.15, 0.2) is 77.4 Å². The van der Waals surface area contributed by atoms with Crippen LogP contribution < -0.4 is 0 Å². The van der Waals surface area contributed by atoms with Gasteiger partial charge in [-0.1, -0.05) is 48.5 Å². The summed E-state index contributed by atoms with van der Waals surface area (Å²) in [6.45, 7) is 0.200. The predicted octanol–water partition coefficient (Wildman–Crippen LogP) is 3.13. The monoisotopic (exact) mass is 305 g/mol. The summed E-state index contributed by atoms with van der Waals surface area (Å²) in [6.07, 6.45) is 1.56. The van der Waals surface area contributed by atoms with Gasteiger partial charge < -0.3 is 9.52 Å². The predicted molar refractivity (Wildman–Crippen MR) is 84.5 cm³/mol. The van der Waals surface area contributed by atoms with Crippen LogP contribution in [0.4, 0.5) is 0 Å². The first kappa shape index (κ1) is 13.8. The van der Waals surface area contributed by atoms with E-state index in [0.717, 1.165) is 0 Å². The summed E-state index contributed by atoms with van der Waals surface area (Å²) in [5.74, 6) is 0.420. The quantitative estimate of drug-likeness (QED) is 0.809. The Morgan fingerprint density at radius 3 is 2.43 bits per heavy atom. The molecule has 114 valence electrons. The molecule has 0 saturated carbocycles. The van der Waals surface area contributed by atoms with Crippen molar-refractivity contribution in [3.8, 4) is 0 Å². The second kappa shape index (κ2) is 5.11. The fraction of sp³-hybridized carbons (Fsp3) is 0.105.